The topological polar surface area (TPSA) is 0 Å². The van der Waals surface area contributed by atoms with Gasteiger partial charge in [-0.2, -0.15) is 0 Å². The lowest BCUT2D eigenvalue weighted by Crippen LogP contribution is -1.81. The van der Waals surface area contributed by atoms with E-state index >= 15 is 0 Å². The minimum Gasteiger partial charge on any atom is -0.103 e. The number of rotatable bonds is 18. The van der Waals surface area contributed by atoms with Gasteiger partial charge in [0.15, 0.2) is 0 Å². The molecule has 0 N–H and O–H groups in total. The predicted octanol–water partition coefficient (Wildman–Crippen LogP) is 16.6. The van der Waals surface area contributed by atoms with Crippen LogP contribution >= 0.6 is 0 Å². The Morgan fingerprint density at radius 1 is 0.440 bits per heavy atom. The van der Waals surface area contributed by atoms with Crippen molar-refractivity contribution in [3.05, 3.63) is 167 Å². The van der Waals surface area contributed by atoms with Crippen molar-refractivity contribution in [3.63, 3.8) is 0 Å². The number of hydrogen-bond donors (Lipinski definition) is 0. The molecule has 0 unspecified atom stereocenters. The molecule has 2 aromatic rings. The van der Waals surface area contributed by atoms with Crippen molar-refractivity contribution in [3.8, 4) is 0 Å². The molecule has 0 bridgehead atoms. The molecule has 0 atom stereocenters. The van der Waals surface area contributed by atoms with E-state index in [1.54, 1.807) is 0 Å². The smallest absolute Gasteiger partial charge is 0.0161 e. The van der Waals surface area contributed by atoms with Gasteiger partial charge in [-0.15, -0.1) is 6.58 Å². The van der Waals surface area contributed by atoms with Gasteiger partial charge in [0.05, 0.1) is 0 Å². The molecule has 0 nitrogen and oxygen atoms in total. The Hall–Kier alpha value is -3.90. The Morgan fingerprint density at radius 3 is 1.16 bits per heavy atom. The van der Waals surface area contributed by atoms with E-state index in [0.717, 1.165) is 31.3 Å². The van der Waals surface area contributed by atoms with Crippen LogP contribution in [-0.2, 0) is 0 Å². The predicted molar refractivity (Wildman–Crippen MR) is 231 cm³/mol. The van der Waals surface area contributed by atoms with Gasteiger partial charge in [-0.1, -0.05) is 155 Å². The van der Waals surface area contributed by atoms with E-state index < -0.39 is 0 Å². The summed E-state index contributed by atoms with van der Waals surface area (Å²) in [6.07, 6.45) is 29.7. The SMILES string of the molecule is C=C(C)c1ccccc1.C=CCC=C(C)CC/C=C(\C)CCC=C(C)C.CC(C)=CCC/C(C)=C/CCC(C)=CC/C=C(\C)c1ccccc1. The average molecular weight is 673 g/mol. The third kappa shape index (κ3) is 28.0. The molecule has 0 saturated carbocycles. The van der Waals surface area contributed by atoms with Gasteiger partial charge in [-0.3, -0.25) is 0 Å². The molecule has 0 aliphatic heterocycles. The largest absolute Gasteiger partial charge is 0.103 e. The van der Waals surface area contributed by atoms with E-state index in [0.29, 0.717) is 0 Å². The fourth-order valence-electron chi connectivity index (χ4n) is 4.94. The van der Waals surface area contributed by atoms with Gasteiger partial charge in [0, 0.05) is 0 Å². The molecular formula is C50H72. The molecule has 2 aromatic carbocycles. The zero-order valence-electron chi connectivity index (χ0n) is 33.9. The van der Waals surface area contributed by atoms with E-state index in [9.17, 15) is 0 Å². The van der Waals surface area contributed by atoms with Gasteiger partial charge >= 0.3 is 0 Å². The Kier molecular flexibility index (Phi) is 27.6. The van der Waals surface area contributed by atoms with Crippen LogP contribution in [0, 0.1) is 0 Å². The lowest BCUT2D eigenvalue weighted by molar-refractivity contribution is 0.915. The lowest BCUT2D eigenvalue weighted by atomic mass is 10.0. The molecule has 0 spiro atoms. The zero-order chi connectivity index (χ0) is 37.6. The van der Waals surface area contributed by atoms with Crippen LogP contribution in [0.2, 0.25) is 0 Å². The van der Waals surface area contributed by atoms with Crippen molar-refractivity contribution in [2.24, 2.45) is 0 Å². The van der Waals surface area contributed by atoms with Crippen LogP contribution in [0.25, 0.3) is 11.1 Å². The second-order valence-electron chi connectivity index (χ2n) is 14.1. The van der Waals surface area contributed by atoms with Crippen molar-refractivity contribution in [2.45, 2.75) is 133 Å². The van der Waals surface area contributed by atoms with E-state index in [4.69, 9.17) is 0 Å². The number of allylic oxidation sites excluding steroid dienone is 16. The van der Waals surface area contributed by atoms with E-state index in [2.05, 4.69) is 160 Å². The van der Waals surface area contributed by atoms with Gasteiger partial charge in [-0.05, 0) is 150 Å². The molecule has 0 radical (unpaired) electrons. The van der Waals surface area contributed by atoms with Crippen LogP contribution in [0.5, 0.6) is 0 Å². The molecule has 0 heterocycles. The second-order valence-corrected chi connectivity index (χ2v) is 14.1. The van der Waals surface area contributed by atoms with Crippen molar-refractivity contribution in [1.29, 1.82) is 0 Å². The van der Waals surface area contributed by atoms with Crippen molar-refractivity contribution in [1.82, 2.24) is 0 Å². The first-order valence-corrected chi connectivity index (χ1v) is 18.8. The van der Waals surface area contributed by atoms with Gasteiger partial charge in [0.1, 0.15) is 0 Å². The standard InChI is InChI=1S/C24H34.C17H28.C9H10/c1-20(2)12-9-13-21(3)14-10-15-22(4)16-11-17-23(5)24-18-7-6-8-19-24;1-6-7-11-16(4)13-9-14-17(5)12-8-10-15(2)3;1-8(2)9-6-4-3-5-7-9/h6-8,12,14,16-19H,9-11,13,15H2,1-5H3;6,10-11,14H,1,7-9,12-13H2,2-5H3;3-7H,1H2,2H3/b21-14+,22-16?,23-17+;16-11?,17-14+;. The molecule has 2 rings (SSSR count). The van der Waals surface area contributed by atoms with E-state index in [1.165, 1.54) is 88.7 Å². The summed E-state index contributed by atoms with van der Waals surface area (Å²) in [6, 6.07) is 20.8. The van der Waals surface area contributed by atoms with Crippen molar-refractivity contribution < 1.29 is 0 Å². The van der Waals surface area contributed by atoms with Crippen LogP contribution in [0.4, 0.5) is 0 Å². The molecule has 272 valence electrons. The van der Waals surface area contributed by atoms with Gasteiger partial charge < -0.3 is 0 Å². The fourth-order valence-corrected chi connectivity index (χ4v) is 4.94. The Bertz CT molecular complexity index is 1420. The maximum Gasteiger partial charge on any atom is -0.0161 e. The molecule has 0 aliphatic rings. The maximum atomic E-state index is 3.83. The maximum absolute atomic E-state index is 3.83. The summed E-state index contributed by atoms with van der Waals surface area (Å²) in [7, 11) is 0. The highest BCUT2D eigenvalue weighted by Gasteiger charge is 1.95. The van der Waals surface area contributed by atoms with E-state index in [-0.39, 0.29) is 0 Å². The number of benzene rings is 2. The normalized spacial score (nSPS) is 12.2. The molecular weight excluding hydrogens is 601 g/mol. The quantitative estimate of drug-likeness (QED) is 0.138. The summed E-state index contributed by atoms with van der Waals surface area (Å²) in [5.41, 5.74) is 13.8. The number of hydrogen-bond acceptors (Lipinski definition) is 0. The Balaban J connectivity index is 0.000000797. The van der Waals surface area contributed by atoms with Crippen molar-refractivity contribution in [2.75, 3.05) is 0 Å². The molecule has 0 heteroatoms. The zero-order valence-corrected chi connectivity index (χ0v) is 33.9. The van der Waals surface area contributed by atoms with Crippen LogP contribution in [0.1, 0.15) is 145 Å². The highest BCUT2D eigenvalue weighted by atomic mass is 14.0. The first kappa shape index (κ1) is 46.1. The highest BCUT2D eigenvalue weighted by Crippen LogP contribution is 2.16. The third-order valence-electron chi connectivity index (χ3n) is 8.26. The summed E-state index contributed by atoms with van der Waals surface area (Å²) in [5.74, 6) is 0. The highest BCUT2D eigenvalue weighted by molar-refractivity contribution is 5.63. The van der Waals surface area contributed by atoms with Gasteiger partial charge in [-0.25, -0.2) is 0 Å². The lowest BCUT2D eigenvalue weighted by Gasteiger charge is -2.02. The van der Waals surface area contributed by atoms with Crippen molar-refractivity contribution >= 4 is 11.1 Å². The van der Waals surface area contributed by atoms with Crippen LogP contribution in [0.15, 0.2) is 156 Å². The van der Waals surface area contributed by atoms with Crippen LogP contribution < -0.4 is 0 Å². The summed E-state index contributed by atoms with van der Waals surface area (Å²) in [5, 5.41) is 0. The minimum atomic E-state index is 0.995. The van der Waals surface area contributed by atoms with Gasteiger partial charge in [0.2, 0.25) is 0 Å². The molecule has 0 amide bonds. The molecule has 0 aromatic heterocycles. The molecule has 0 aliphatic carbocycles. The molecule has 50 heavy (non-hydrogen) atoms. The Morgan fingerprint density at radius 2 is 0.800 bits per heavy atom. The Labute approximate surface area is 310 Å². The van der Waals surface area contributed by atoms with E-state index in [1.807, 2.05) is 31.2 Å². The first-order chi connectivity index (χ1) is 23.8. The summed E-state index contributed by atoms with van der Waals surface area (Å²) >= 11 is 0. The summed E-state index contributed by atoms with van der Waals surface area (Å²) < 4.78 is 0. The first-order valence-electron chi connectivity index (χ1n) is 18.8. The third-order valence-corrected chi connectivity index (χ3v) is 8.26. The summed E-state index contributed by atoms with van der Waals surface area (Å²) in [4.78, 5) is 0. The van der Waals surface area contributed by atoms with Crippen LogP contribution in [0.3, 0.4) is 0 Å². The fraction of sp³-hybridized carbons (Fsp3) is 0.400. The average Bonchev–Trinajstić information content (AvgIpc) is 3.08. The second kappa shape index (κ2) is 30.0. The van der Waals surface area contributed by atoms with Crippen LogP contribution in [-0.4, -0.2) is 0 Å². The minimum absolute atomic E-state index is 0.995. The molecule has 0 fully saturated rings. The molecule has 0 saturated heterocycles. The van der Waals surface area contributed by atoms with Gasteiger partial charge in [0.25, 0.3) is 0 Å². The monoisotopic (exact) mass is 673 g/mol. The summed E-state index contributed by atoms with van der Waals surface area (Å²) in [6.45, 7) is 29.4.